The van der Waals surface area contributed by atoms with E-state index in [2.05, 4.69) is 5.32 Å². The smallest absolute Gasteiger partial charge is 0.405 e. The molecule has 0 bridgehead atoms. The highest BCUT2D eigenvalue weighted by atomic mass is 35.5. The SMILES string of the molecule is O=C(O)NC(CCO)c1cccc(Cl)c1Cl. The Labute approximate surface area is 103 Å². The number of hydrogen-bond acceptors (Lipinski definition) is 2. The molecule has 16 heavy (non-hydrogen) atoms. The Bertz CT molecular complexity index is 384. The predicted molar refractivity (Wildman–Crippen MR) is 62.1 cm³/mol. The van der Waals surface area contributed by atoms with E-state index in [0.29, 0.717) is 15.6 Å². The summed E-state index contributed by atoms with van der Waals surface area (Å²) in [7, 11) is 0. The molecule has 0 fully saturated rings. The highest BCUT2D eigenvalue weighted by Gasteiger charge is 2.17. The summed E-state index contributed by atoms with van der Waals surface area (Å²) in [4.78, 5) is 10.6. The van der Waals surface area contributed by atoms with Crippen LogP contribution in [0.15, 0.2) is 18.2 Å². The number of carbonyl (C=O) groups is 1. The van der Waals surface area contributed by atoms with Gasteiger partial charge in [0.2, 0.25) is 0 Å². The molecule has 0 aliphatic heterocycles. The van der Waals surface area contributed by atoms with Crippen LogP contribution in [0.5, 0.6) is 0 Å². The van der Waals surface area contributed by atoms with Gasteiger partial charge in [-0.05, 0) is 18.1 Å². The zero-order valence-electron chi connectivity index (χ0n) is 8.28. The van der Waals surface area contributed by atoms with Gasteiger partial charge in [-0.2, -0.15) is 0 Å². The Balaban J connectivity index is 3.00. The molecular formula is C10H11Cl2NO3. The number of hydrogen-bond donors (Lipinski definition) is 3. The van der Waals surface area contributed by atoms with Gasteiger partial charge in [-0.3, -0.25) is 0 Å². The summed E-state index contributed by atoms with van der Waals surface area (Å²) in [6, 6.07) is 4.40. The molecule has 1 aromatic carbocycles. The fraction of sp³-hybridized carbons (Fsp3) is 0.300. The molecule has 0 aliphatic carbocycles. The van der Waals surface area contributed by atoms with Crippen molar-refractivity contribution in [1.82, 2.24) is 5.32 Å². The quantitative estimate of drug-likeness (QED) is 0.783. The van der Waals surface area contributed by atoms with E-state index in [1.165, 1.54) is 0 Å². The summed E-state index contributed by atoms with van der Waals surface area (Å²) in [6.45, 7) is -0.145. The van der Waals surface area contributed by atoms with E-state index in [9.17, 15) is 4.79 Å². The van der Waals surface area contributed by atoms with Crippen LogP contribution >= 0.6 is 23.2 Å². The van der Waals surface area contributed by atoms with E-state index < -0.39 is 12.1 Å². The van der Waals surface area contributed by atoms with Crippen molar-refractivity contribution < 1.29 is 15.0 Å². The predicted octanol–water partition coefficient (Wildman–Crippen LogP) is 2.68. The molecule has 1 rings (SSSR count). The van der Waals surface area contributed by atoms with Crippen LogP contribution in [0.4, 0.5) is 4.79 Å². The standard InChI is InChI=1S/C10H11Cl2NO3/c11-7-3-1-2-6(9(7)12)8(4-5-14)13-10(15)16/h1-3,8,13-14H,4-5H2,(H,15,16). The molecule has 0 spiro atoms. The van der Waals surface area contributed by atoms with Crippen molar-refractivity contribution in [2.24, 2.45) is 0 Å². The van der Waals surface area contributed by atoms with Crippen molar-refractivity contribution in [2.45, 2.75) is 12.5 Å². The zero-order chi connectivity index (χ0) is 12.1. The molecule has 1 atom stereocenters. The second-order valence-electron chi connectivity index (χ2n) is 3.16. The van der Waals surface area contributed by atoms with Gasteiger partial charge in [0.25, 0.3) is 0 Å². The normalized spacial score (nSPS) is 12.2. The molecular weight excluding hydrogens is 253 g/mol. The Morgan fingerprint density at radius 3 is 2.69 bits per heavy atom. The van der Waals surface area contributed by atoms with Crippen LogP contribution in [0.2, 0.25) is 10.0 Å². The maximum atomic E-state index is 10.6. The Kier molecular flexibility index (Phi) is 4.86. The first-order valence-electron chi connectivity index (χ1n) is 4.60. The summed E-state index contributed by atoms with van der Waals surface area (Å²) >= 11 is 11.8. The maximum absolute atomic E-state index is 10.6. The van der Waals surface area contributed by atoms with E-state index in [0.717, 1.165) is 0 Å². The highest BCUT2D eigenvalue weighted by molar-refractivity contribution is 6.42. The monoisotopic (exact) mass is 263 g/mol. The molecule has 0 heterocycles. The van der Waals surface area contributed by atoms with Crippen molar-refractivity contribution in [1.29, 1.82) is 0 Å². The van der Waals surface area contributed by atoms with Crippen LogP contribution in [0.25, 0.3) is 0 Å². The van der Waals surface area contributed by atoms with Crippen molar-refractivity contribution in [3.8, 4) is 0 Å². The molecule has 0 saturated carbocycles. The van der Waals surface area contributed by atoms with E-state index in [4.69, 9.17) is 33.4 Å². The third-order valence-electron chi connectivity index (χ3n) is 2.07. The lowest BCUT2D eigenvalue weighted by atomic mass is 10.0. The van der Waals surface area contributed by atoms with E-state index >= 15 is 0 Å². The summed E-state index contributed by atoms with van der Waals surface area (Å²) in [5, 5.41) is 20.5. The van der Waals surface area contributed by atoms with Crippen LogP contribution in [-0.4, -0.2) is 22.9 Å². The van der Waals surface area contributed by atoms with Crippen LogP contribution in [0, 0.1) is 0 Å². The van der Waals surface area contributed by atoms with Gasteiger partial charge in [-0.15, -0.1) is 0 Å². The minimum absolute atomic E-state index is 0.145. The molecule has 1 unspecified atom stereocenters. The molecule has 3 N–H and O–H groups in total. The van der Waals surface area contributed by atoms with Crippen molar-refractivity contribution in [2.75, 3.05) is 6.61 Å². The molecule has 0 saturated heterocycles. The minimum Gasteiger partial charge on any atom is -0.465 e. The number of rotatable bonds is 4. The van der Waals surface area contributed by atoms with Gasteiger partial charge in [0.15, 0.2) is 0 Å². The average Bonchev–Trinajstić information content (AvgIpc) is 2.21. The second-order valence-corrected chi connectivity index (χ2v) is 3.94. The fourth-order valence-electron chi connectivity index (χ4n) is 1.37. The van der Waals surface area contributed by atoms with Crippen molar-refractivity contribution in [3.63, 3.8) is 0 Å². The Hall–Kier alpha value is -0.970. The third kappa shape index (κ3) is 3.27. The molecule has 0 aromatic heterocycles. The van der Waals surface area contributed by atoms with E-state index in [-0.39, 0.29) is 13.0 Å². The lowest BCUT2D eigenvalue weighted by Crippen LogP contribution is -2.27. The number of amides is 1. The number of carboxylic acid groups (broad SMARTS) is 1. The average molecular weight is 264 g/mol. The van der Waals surface area contributed by atoms with Crippen LogP contribution in [0.3, 0.4) is 0 Å². The summed E-state index contributed by atoms with van der Waals surface area (Å²) in [5.74, 6) is 0. The van der Waals surface area contributed by atoms with Gasteiger partial charge in [0, 0.05) is 6.61 Å². The summed E-state index contributed by atoms with van der Waals surface area (Å²) in [6.07, 6.45) is -0.929. The molecule has 1 aromatic rings. The Morgan fingerprint density at radius 2 is 2.12 bits per heavy atom. The zero-order valence-corrected chi connectivity index (χ0v) is 9.79. The topological polar surface area (TPSA) is 69.6 Å². The number of nitrogens with one attached hydrogen (secondary N) is 1. The van der Waals surface area contributed by atoms with Gasteiger partial charge in [-0.25, -0.2) is 4.79 Å². The molecule has 1 amide bonds. The van der Waals surface area contributed by atoms with E-state index in [1.54, 1.807) is 18.2 Å². The van der Waals surface area contributed by atoms with Crippen molar-refractivity contribution >= 4 is 29.3 Å². The molecule has 6 heteroatoms. The minimum atomic E-state index is -1.17. The van der Waals surface area contributed by atoms with Gasteiger partial charge < -0.3 is 15.5 Å². The number of aliphatic hydroxyl groups excluding tert-OH is 1. The first-order valence-corrected chi connectivity index (χ1v) is 5.36. The van der Waals surface area contributed by atoms with Gasteiger partial charge in [0.1, 0.15) is 0 Å². The first kappa shape index (κ1) is 13.1. The summed E-state index contributed by atoms with van der Waals surface area (Å²) < 4.78 is 0. The highest BCUT2D eigenvalue weighted by Crippen LogP contribution is 2.31. The number of benzene rings is 1. The molecule has 88 valence electrons. The van der Waals surface area contributed by atoms with E-state index in [1.807, 2.05) is 0 Å². The van der Waals surface area contributed by atoms with Gasteiger partial charge in [-0.1, -0.05) is 35.3 Å². The largest absolute Gasteiger partial charge is 0.465 e. The van der Waals surface area contributed by atoms with Crippen LogP contribution < -0.4 is 5.32 Å². The lowest BCUT2D eigenvalue weighted by Gasteiger charge is -2.17. The molecule has 0 radical (unpaired) electrons. The lowest BCUT2D eigenvalue weighted by molar-refractivity contribution is 0.185. The van der Waals surface area contributed by atoms with Crippen LogP contribution in [-0.2, 0) is 0 Å². The van der Waals surface area contributed by atoms with Gasteiger partial charge in [0.05, 0.1) is 16.1 Å². The van der Waals surface area contributed by atoms with Crippen molar-refractivity contribution in [3.05, 3.63) is 33.8 Å². The summed E-state index contributed by atoms with van der Waals surface area (Å²) in [5.41, 5.74) is 0.561. The second kappa shape index (κ2) is 5.94. The third-order valence-corrected chi connectivity index (χ3v) is 2.91. The fourth-order valence-corrected chi connectivity index (χ4v) is 1.81. The molecule has 0 aliphatic rings. The maximum Gasteiger partial charge on any atom is 0.405 e. The van der Waals surface area contributed by atoms with Gasteiger partial charge >= 0.3 is 6.09 Å². The Morgan fingerprint density at radius 1 is 1.44 bits per heavy atom. The first-order chi connectivity index (χ1) is 7.56. The number of aliphatic hydroxyl groups is 1. The van der Waals surface area contributed by atoms with Crippen LogP contribution in [0.1, 0.15) is 18.0 Å². The number of halogens is 2. The molecule has 4 nitrogen and oxygen atoms in total.